The van der Waals surface area contributed by atoms with Gasteiger partial charge < -0.3 is 15.2 Å². The van der Waals surface area contributed by atoms with E-state index in [1.807, 2.05) is 49.4 Å². The van der Waals surface area contributed by atoms with Crippen LogP contribution in [0.4, 0.5) is 15.8 Å². The Morgan fingerprint density at radius 1 is 0.909 bits per heavy atom. The van der Waals surface area contributed by atoms with E-state index in [-0.39, 0.29) is 29.8 Å². The summed E-state index contributed by atoms with van der Waals surface area (Å²) in [7, 11) is 0. The van der Waals surface area contributed by atoms with Crippen LogP contribution in [0.15, 0.2) is 71.9 Å². The van der Waals surface area contributed by atoms with Crippen LogP contribution in [-0.2, 0) is 22.6 Å². The number of carbonyl (C=O) groups is 2. The number of amides is 2. The van der Waals surface area contributed by atoms with Crippen molar-refractivity contribution < 1.29 is 14.0 Å². The Kier molecular flexibility index (Phi) is 6.99. The molecule has 0 atom stereocenters. The molecule has 9 heteroatoms. The summed E-state index contributed by atoms with van der Waals surface area (Å²) < 4.78 is 14.8. The Bertz CT molecular complexity index is 1290. The van der Waals surface area contributed by atoms with Gasteiger partial charge >= 0.3 is 0 Å². The fourth-order valence-corrected chi connectivity index (χ4v) is 4.17. The monoisotopic (exact) mass is 463 g/mol. The third kappa shape index (κ3) is 5.75. The molecular formula is C24H22FN5O2S. The van der Waals surface area contributed by atoms with Gasteiger partial charge in [0, 0.05) is 17.9 Å². The molecule has 7 nitrogen and oxygen atoms in total. The van der Waals surface area contributed by atoms with Gasteiger partial charge in [0.05, 0.1) is 12.2 Å². The van der Waals surface area contributed by atoms with Crippen LogP contribution in [0.25, 0.3) is 10.8 Å². The summed E-state index contributed by atoms with van der Waals surface area (Å²) in [5.41, 5.74) is 1.23. The Morgan fingerprint density at radius 2 is 1.61 bits per heavy atom. The summed E-state index contributed by atoms with van der Waals surface area (Å²) in [6.07, 6.45) is 0.0159. The molecule has 3 aromatic carbocycles. The van der Waals surface area contributed by atoms with Crippen molar-refractivity contribution in [3.63, 3.8) is 0 Å². The lowest BCUT2D eigenvalue weighted by molar-refractivity contribution is -0.116. The molecular weight excluding hydrogens is 441 g/mol. The SMILES string of the molecule is CCn1c(CC(=O)Nc2ccc(F)cc2)nnc1SCC(=O)Nc1ccc2ccccc2c1. The molecule has 2 amide bonds. The van der Waals surface area contributed by atoms with Crippen molar-refractivity contribution in [3.8, 4) is 0 Å². The van der Waals surface area contributed by atoms with Crippen LogP contribution in [0.3, 0.4) is 0 Å². The van der Waals surface area contributed by atoms with Crippen molar-refractivity contribution in [2.75, 3.05) is 16.4 Å². The zero-order valence-corrected chi connectivity index (χ0v) is 18.7. The number of aromatic nitrogens is 3. The summed E-state index contributed by atoms with van der Waals surface area (Å²) in [6.45, 7) is 2.48. The number of hydrogen-bond acceptors (Lipinski definition) is 5. The van der Waals surface area contributed by atoms with Gasteiger partial charge in [-0.05, 0) is 54.1 Å². The number of rotatable bonds is 8. The minimum Gasteiger partial charge on any atom is -0.326 e. The van der Waals surface area contributed by atoms with Crippen molar-refractivity contribution >= 4 is 45.7 Å². The zero-order valence-electron chi connectivity index (χ0n) is 17.9. The fraction of sp³-hybridized carbons (Fsp3) is 0.167. The molecule has 0 bridgehead atoms. The molecule has 0 aliphatic carbocycles. The molecule has 0 radical (unpaired) electrons. The number of nitrogens with one attached hydrogen (secondary N) is 2. The second-order valence-electron chi connectivity index (χ2n) is 7.27. The smallest absolute Gasteiger partial charge is 0.234 e. The van der Waals surface area contributed by atoms with Crippen LogP contribution in [0.1, 0.15) is 12.7 Å². The lowest BCUT2D eigenvalue weighted by Gasteiger charge is -2.09. The highest BCUT2D eigenvalue weighted by molar-refractivity contribution is 7.99. The standard InChI is InChI=1S/C24H22FN5O2S/c1-2-30-21(14-22(31)26-19-11-8-18(25)9-12-19)28-29-24(30)33-15-23(32)27-20-10-7-16-5-3-4-6-17(16)13-20/h3-13H,2,14-15H2,1H3,(H,26,31)(H,27,32). The summed E-state index contributed by atoms with van der Waals surface area (Å²) in [6, 6.07) is 19.3. The quantitative estimate of drug-likeness (QED) is 0.376. The second kappa shape index (κ2) is 10.3. The van der Waals surface area contributed by atoms with Crippen molar-refractivity contribution in [2.24, 2.45) is 0 Å². The van der Waals surface area contributed by atoms with Crippen molar-refractivity contribution in [2.45, 2.75) is 25.0 Å². The van der Waals surface area contributed by atoms with Gasteiger partial charge in [0.15, 0.2) is 5.16 Å². The first kappa shape index (κ1) is 22.5. The fourth-order valence-electron chi connectivity index (χ4n) is 3.35. The average Bonchev–Trinajstić information content (AvgIpc) is 3.20. The number of fused-ring (bicyclic) bond motifs is 1. The van der Waals surface area contributed by atoms with E-state index in [9.17, 15) is 14.0 Å². The maximum absolute atomic E-state index is 13.0. The molecule has 168 valence electrons. The number of nitrogens with zero attached hydrogens (tertiary/aromatic N) is 3. The first-order valence-electron chi connectivity index (χ1n) is 10.4. The van der Waals surface area contributed by atoms with Gasteiger partial charge in [-0.3, -0.25) is 9.59 Å². The van der Waals surface area contributed by atoms with Crippen molar-refractivity contribution in [1.82, 2.24) is 14.8 Å². The van der Waals surface area contributed by atoms with Gasteiger partial charge in [0.2, 0.25) is 11.8 Å². The molecule has 1 aromatic heterocycles. The zero-order chi connectivity index (χ0) is 23.2. The van der Waals surface area contributed by atoms with Gasteiger partial charge in [0.25, 0.3) is 0 Å². The first-order valence-corrected chi connectivity index (χ1v) is 11.4. The van der Waals surface area contributed by atoms with E-state index in [4.69, 9.17) is 0 Å². The topological polar surface area (TPSA) is 88.9 Å². The Hall–Kier alpha value is -3.72. The molecule has 0 unspecified atom stereocenters. The maximum atomic E-state index is 13.0. The second-order valence-corrected chi connectivity index (χ2v) is 8.22. The highest BCUT2D eigenvalue weighted by atomic mass is 32.2. The number of carbonyl (C=O) groups excluding carboxylic acids is 2. The third-order valence-corrected chi connectivity index (χ3v) is 5.89. The molecule has 0 fully saturated rings. The van der Waals surface area contributed by atoms with Crippen molar-refractivity contribution in [3.05, 3.63) is 78.4 Å². The predicted octanol–water partition coefficient (Wildman–Crippen LogP) is 4.50. The van der Waals surface area contributed by atoms with E-state index in [2.05, 4.69) is 20.8 Å². The highest BCUT2D eigenvalue weighted by Crippen LogP contribution is 2.21. The first-order chi connectivity index (χ1) is 16.0. The molecule has 0 aliphatic heterocycles. The number of anilines is 2. The lowest BCUT2D eigenvalue weighted by Crippen LogP contribution is -2.18. The lowest BCUT2D eigenvalue weighted by atomic mass is 10.1. The van der Waals surface area contributed by atoms with Gasteiger partial charge in [0.1, 0.15) is 11.6 Å². The van der Waals surface area contributed by atoms with Gasteiger partial charge in [-0.2, -0.15) is 0 Å². The molecule has 0 saturated carbocycles. The molecule has 0 aliphatic rings. The minimum atomic E-state index is -0.370. The van der Waals surface area contributed by atoms with Crippen LogP contribution in [0.5, 0.6) is 0 Å². The average molecular weight is 464 g/mol. The van der Waals surface area contributed by atoms with E-state index in [0.717, 1.165) is 16.5 Å². The predicted molar refractivity (Wildman–Crippen MR) is 128 cm³/mol. The molecule has 0 saturated heterocycles. The largest absolute Gasteiger partial charge is 0.326 e. The van der Waals surface area contributed by atoms with Gasteiger partial charge in [-0.1, -0.05) is 42.1 Å². The molecule has 0 spiro atoms. The highest BCUT2D eigenvalue weighted by Gasteiger charge is 2.16. The van der Waals surface area contributed by atoms with E-state index in [1.165, 1.54) is 36.0 Å². The molecule has 4 aromatic rings. The van der Waals surface area contributed by atoms with Crippen molar-refractivity contribution in [1.29, 1.82) is 0 Å². The van der Waals surface area contributed by atoms with E-state index in [0.29, 0.717) is 23.2 Å². The number of thioether (sulfide) groups is 1. The van der Waals surface area contributed by atoms with E-state index in [1.54, 1.807) is 4.57 Å². The van der Waals surface area contributed by atoms with Gasteiger partial charge in [-0.25, -0.2) is 4.39 Å². The molecule has 1 heterocycles. The van der Waals surface area contributed by atoms with Gasteiger partial charge in [-0.15, -0.1) is 10.2 Å². The summed E-state index contributed by atoms with van der Waals surface area (Å²) >= 11 is 1.26. The van der Waals surface area contributed by atoms with Crippen LogP contribution < -0.4 is 10.6 Å². The Labute approximate surface area is 194 Å². The normalized spacial score (nSPS) is 10.8. The van der Waals surface area contributed by atoms with Crippen LogP contribution in [0, 0.1) is 5.82 Å². The third-order valence-electron chi connectivity index (χ3n) is 4.92. The maximum Gasteiger partial charge on any atom is 0.234 e. The number of benzene rings is 3. The summed E-state index contributed by atoms with van der Waals surface area (Å²) in [5.74, 6) is -0.155. The molecule has 4 rings (SSSR count). The number of halogens is 1. The number of hydrogen-bond donors (Lipinski definition) is 2. The van der Waals surface area contributed by atoms with E-state index >= 15 is 0 Å². The summed E-state index contributed by atoms with van der Waals surface area (Å²) in [4.78, 5) is 24.8. The van der Waals surface area contributed by atoms with Crippen LogP contribution >= 0.6 is 11.8 Å². The Balaban J connectivity index is 1.34. The minimum absolute atomic E-state index is 0.0159. The summed E-state index contributed by atoms with van der Waals surface area (Å²) in [5, 5.41) is 16.6. The van der Waals surface area contributed by atoms with E-state index < -0.39 is 0 Å². The molecule has 2 N–H and O–H groups in total. The van der Waals surface area contributed by atoms with Crippen LogP contribution in [-0.4, -0.2) is 32.3 Å². The Morgan fingerprint density at radius 3 is 2.36 bits per heavy atom. The van der Waals surface area contributed by atoms with Crippen LogP contribution in [0.2, 0.25) is 0 Å². The molecule has 33 heavy (non-hydrogen) atoms.